The second-order valence-electron chi connectivity index (χ2n) is 15.7. The van der Waals surface area contributed by atoms with Crippen LogP contribution in [0.1, 0.15) is 55.7 Å². The summed E-state index contributed by atoms with van der Waals surface area (Å²) in [5.41, 5.74) is 4.36. The molecule has 3 aliphatic rings. The quantitative estimate of drug-likeness (QED) is 0.189. The SMILES string of the molecule is CN(C)CCOC(=O)CN1CCC(C2CCN(C(=O)[C@@H](Cc3cc(Cl)c(N)c(C(F)(F)F)c3)OC(=O)N3CCC(n4nc(-c5ccccc5)[nH]c4=O)CC3)CC2)CC1. The van der Waals surface area contributed by atoms with E-state index in [1.54, 1.807) is 4.90 Å². The summed E-state index contributed by atoms with van der Waals surface area (Å²) in [5.74, 6) is 0.491. The largest absolute Gasteiger partial charge is 0.463 e. The van der Waals surface area contributed by atoms with Gasteiger partial charge in [0.1, 0.15) is 6.61 Å². The van der Waals surface area contributed by atoms with Gasteiger partial charge in [0.05, 0.1) is 28.9 Å². The van der Waals surface area contributed by atoms with Crippen molar-refractivity contribution in [3.63, 3.8) is 0 Å². The van der Waals surface area contributed by atoms with Gasteiger partial charge in [0.15, 0.2) is 11.9 Å². The topological polar surface area (TPSA) is 159 Å². The highest BCUT2D eigenvalue weighted by molar-refractivity contribution is 6.33. The monoisotopic (exact) mass is 832 g/mol. The van der Waals surface area contributed by atoms with Crippen LogP contribution in [0.15, 0.2) is 47.3 Å². The molecule has 0 aliphatic carbocycles. The molecule has 3 aliphatic heterocycles. The van der Waals surface area contributed by atoms with E-state index in [0.29, 0.717) is 56.7 Å². The zero-order valence-electron chi connectivity index (χ0n) is 32.9. The van der Waals surface area contributed by atoms with Gasteiger partial charge in [0.2, 0.25) is 0 Å². The molecule has 0 saturated carbocycles. The molecule has 0 unspecified atom stereocenters. The molecule has 2 amide bonds. The summed E-state index contributed by atoms with van der Waals surface area (Å²) in [7, 11) is 3.84. The second kappa shape index (κ2) is 19.0. The summed E-state index contributed by atoms with van der Waals surface area (Å²) in [6.07, 6.45) is -3.27. The number of halogens is 4. The van der Waals surface area contributed by atoms with Crippen LogP contribution in [0.4, 0.5) is 23.7 Å². The molecule has 316 valence electrons. The fraction of sp³-hybridized carbons (Fsp3) is 0.575. The van der Waals surface area contributed by atoms with Crippen LogP contribution >= 0.6 is 11.6 Å². The number of hydrogen-bond acceptors (Lipinski definition) is 10. The highest BCUT2D eigenvalue weighted by atomic mass is 35.5. The fourth-order valence-corrected chi connectivity index (χ4v) is 8.41. The second-order valence-corrected chi connectivity index (χ2v) is 16.1. The highest BCUT2D eigenvalue weighted by Gasteiger charge is 2.38. The number of anilines is 1. The third-order valence-corrected chi connectivity index (χ3v) is 11.8. The van der Waals surface area contributed by atoms with Gasteiger partial charge < -0.3 is 29.9 Å². The van der Waals surface area contributed by atoms with Crippen molar-refractivity contribution in [3.05, 3.63) is 69.1 Å². The normalized spacial score (nSPS) is 18.4. The number of aromatic nitrogens is 3. The lowest BCUT2D eigenvalue weighted by atomic mass is 9.78. The molecule has 3 N–H and O–H groups in total. The third-order valence-electron chi connectivity index (χ3n) is 11.5. The molecular formula is C40H52ClF3N8O6. The predicted molar refractivity (Wildman–Crippen MR) is 211 cm³/mol. The maximum absolute atomic E-state index is 14.1. The first-order chi connectivity index (χ1) is 27.7. The standard InChI is InChI=1S/C40H52ClF3N8O6/c1-48(2)20-21-57-34(53)25-49-14-8-27(9-15-49)28-10-16-50(17-11-28)37(54)33(24-26-22-31(40(42,43)44)35(45)32(41)23-26)58-39(56)51-18-12-30(13-19-51)52-38(55)46-36(47-52)29-6-4-3-5-7-29/h3-7,22-23,27-28,30,33H,8-21,24-25,45H2,1-2H3,(H,46,47,55)/t33-/m1/s1. The van der Waals surface area contributed by atoms with E-state index >= 15 is 0 Å². The van der Waals surface area contributed by atoms with Gasteiger partial charge in [-0.05, 0) is 95.2 Å². The van der Waals surface area contributed by atoms with Gasteiger partial charge in [0, 0.05) is 44.7 Å². The van der Waals surface area contributed by atoms with Crippen molar-refractivity contribution in [1.29, 1.82) is 0 Å². The number of nitrogens with one attached hydrogen (secondary N) is 1. The molecule has 0 radical (unpaired) electrons. The van der Waals surface area contributed by atoms with Gasteiger partial charge in [-0.1, -0.05) is 41.9 Å². The minimum atomic E-state index is -4.80. The van der Waals surface area contributed by atoms with Gasteiger partial charge in [-0.25, -0.2) is 14.3 Å². The summed E-state index contributed by atoms with van der Waals surface area (Å²) in [5, 5.41) is 4.17. The van der Waals surface area contributed by atoms with E-state index in [0.717, 1.165) is 50.4 Å². The number of likely N-dealkylation sites (tertiary alicyclic amines) is 3. The Kier molecular flexibility index (Phi) is 14.1. The number of carbonyl (C=O) groups is 3. The Morgan fingerprint density at radius 1 is 0.948 bits per heavy atom. The Balaban J connectivity index is 1.07. The number of benzene rings is 2. The van der Waals surface area contributed by atoms with Crippen LogP contribution in [0.3, 0.4) is 0 Å². The van der Waals surface area contributed by atoms with Crippen LogP contribution in [-0.4, -0.2) is 131 Å². The molecule has 58 heavy (non-hydrogen) atoms. The van der Waals surface area contributed by atoms with Crippen LogP contribution in [-0.2, 0) is 31.7 Å². The van der Waals surface area contributed by atoms with Crippen molar-refractivity contribution in [2.45, 2.75) is 63.3 Å². The Morgan fingerprint density at radius 2 is 1.57 bits per heavy atom. The minimum Gasteiger partial charge on any atom is -0.463 e. The first kappa shape index (κ1) is 43.0. The van der Waals surface area contributed by atoms with Crippen LogP contribution in [0.25, 0.3) is 11.4 Å². The lowest BCUT2D eigenvalue weighted by Crippen LogP contribution is -2.49. The molecule has 0 spiro atoms. The van der Waals surface area contributed by atoms with Crippen molar-refractivity contribution in [3.8, 4) is 11.4 Å². The summed E-state index contributed by atoms with van der Waals surface area (Å²) in [6, 6.07) is 11.0. The van der Waals surface area contributed by atoms with E-state index in [2.05, 4.69) is 15.0 Å². The number of rotatable bonds is 12. The average Bonchev–Trinajstić information content (AvgIpc) is 3.60. The molecule has 3 fully saturated rings. The molecule has 1 aromatic heterocycles. The number of nitrogen functional groups attached to an aromatic ring is 1. The van der Waals surface area contributed by atoms with Crippen molar-refractivity contribution in [2.75, 3.05) is 78.8 Å². The number of likely N-dealkylation sites (N-methyl/N-ethyl adjacent to an activating group) is 1. The molecule has 18 heteroatoms. The number of alkyl halides is 3. The first-order valence-electron chi connectivity index (χ1n) is 19.8. The van der Waals surface area contributed by atoms with E-state index < -0.39 is 35.5 Å². The maximum Gasteiger partial charge on any atom is 0.418 e. The third kappa shape index (κ3) is 10.9. The van der Waals surface area contributed by atoms with Gasteiger partial charge in [-0.3, -0.25) is 19.5 Å². The number of nitrogens with two attached hydrogens (primary N) is 1. The Morgan fingerprint density at radius 3 is 2.19 bits per heavy atom. The van der Waals surface area contributed by atoms with Crippen molar-refractivity contribution >= 4 is 35.3 Å². The molecular weight excluding hydrogens is 781 g/mol. The van der Waals surface area contributed by atoms with Gasteiger partial charge in [-0.15, -0.1) is 5.10 Å². The Labute approximate surface area is 340 Å². The van der Waals surface area contributed by atoms with Gasteiger partial charge in [0.25, 0.3) is 5.91 Å². The minimum absolute atomic E-state index is 0.0479. The van der Waals surface area contributed by atoms with Crippen molar-refractivity contribution < 1.29 is 37.0 Å². The lowest BCUT2D eigenvalue weighted by Gasteiger charge is -2.40. The van der Waals surface area contributed by atoms with Crippen molar-refractivity contribution in [1.82, 2.24) is 34.4 Å². The zero-order chi connectivity index (χ0) is 41.6. The Hall–Kier alpha value is -4.61. The number of aromatic amines is 1. The van der Waals surface area contributed by atoms with E-state index in [1.165, 1.54) is 15.6 Å². The molecule has 1 atom stereocenters. The van der Waals surface area contributed by atoms with Crippen LogP contribution in [0, 0.1) is 11.8 Å². The lowest BCUT2D eigenvalue weighted by molar-refractivity contribution is -0.145. The predicted octanol–water partition coefficient (Wildman–Crippen LogP) is 4.93. The number of esters is 1. The smallest absolute Gasteiger partial charge is 0.418 e. The van der Waals surface area contributed by atoms with Crippen LogP contribution in [0.5, 0.6) is 0 Å². The van der Waals surface area contributed by atoms with Crippen LogP contribution in [0.2, 0.25) is 5.02 Å². The summed E-state index contributed by atoms with van der Waals surface area (Å²) in [4.78, 5) is 62.8. The van der Waals surface area contributed by atoms with Gasteiger partial charge in [-0.2, -0.15) is 13.2 Å². The number of piperidine rings is 3. The zero-order valence-corrected chi connectivity index (χ0v) is 33.6. The van der Waals surface area contributed by atoms with Crippen LogP contribution < -0.4 is 11.4 Å². The van der Waals surface area contributed by atoms with Gasteiger partial charge >= 0.3 is 23.9 Å². The summed E-state index contributed by atoms with van der Waals surface area (Å²) in [6.45, 7) is 4.05. The summed E-state index contributed by atoms with van der Waals surface area (Å²) >= 11 is 6.13. The number of carbonyl (C=O) groups excluding carboxylic acids is 3. The number of H-pyrrole nitrogens is 1. The fourth-order valence-electron chi connectivity index (χ4n) is 8.17. The van der Waals surface area contributed by atoms with E-state index in [1.807, 2.05) is 49.3 Å². The first-order valence-corrected chi connectivity index (χ1v) is 20.2. The average molecular weight is 833 g/mol. The molecule has 14 nitrogen and oxygen atoms in total. The van der Waals surface area contributed by atoms with Crippen molar-refractivity contribution in [2.24, 2.45) is 11.8 Å². The van der Waals surface area contributed by atoms with E-state index in [-0.39, 0.29) is 54.3 Å². The summed E-state index contributed by atoms with van der Waals surface area (Å²) < 4.78 is 54.3. The number of hydrogen-bond donors (Lipinski definition) is 2. The molecule has 0 bridgehead atoms. The number of amides is 2. The van der Waals surface area contributed by atoms with E-state index in [4.69, 9.17) is 26.8 Å². The molecule has 3 aromatic rings. The Bertz CT molecular complexity index is 1940. The maximum atomic E-state index is 14.1. The number of ether oxygens (including phenoxy) is 2. The molecule has 6 rings (SSSR count). The molecule has 4 heterocycles. The molecule has 2 aromatic carbocycles. The van der Waals surface area contributed by atoms with E-state index in [9.17, 15) is 32.3 Å². The number of nitrogens with zero attached hydrogens (tertiary/aromatic N) is 6. The highest BCUT2D eigenvalue weighted by Crippen LogP contribution is 2.39. The molecule has 3 saturated heterocycles.